The van der Waals surface area contributed by atoms with Crippen molar-refractivity contribution in [1.29, 1.82) is 0 Å². The van der Waals surface area contributed by atoms with Gasteiger partial charge in [0.25, 0.3) is 0 Å². The summed E-state index contributed by atoms with van der Waals surface area (Å²) in [5.41, 5.74) is 3.32. The van der Waals surface area contributed by atoms with Crippen LogP contribution in [0.3, 0.4) is 0 Å². The molecule has 1 aliphatic heterocycles. The van der Waals surface area contributed by atoms with Crippen LogP contribution in [0, 0.1) is 0 Å². The van der Waals surface area contributed by atoms with Gasteiger partial charge < -0.3 is 15.0 Å². The van der Waals surface area contributed by atoms with Crippen LogP contribution in [0.2, 0.25) is 0 Å². The first-order valence-corrected chi connectivity index (χ1v) is 10.1. The number of hydrogen-bond acceptors (Lipinski definition) is 3. The van der Waals surface area contributed by atoms with Gasteiger partial charge in [-0.25, -0.2) is 0 Å². The van der Waals surface area contributed by atoms with Crippen LogP contribution < -0.4 is 10.1 Å². The second-order valence-electron chi connectivity index (χ2n) is 8.50. The molecule has 5 heteroatoms. The molecule has 1 heterocycles. The highest BCUT2D eigenvalue weighted by Crippen LogP contribution is 2.27. The molecule has 3 rings (SSSR count). The van der Waals surface area contributed by atoms with E-state index >= 15 is 0 Å². The molecule has 0 aromatic heterocycles. The van der Waals surface area contributed by atoms with Crippen molar-refractivity contribution in [3.63, 3.8) is 0 Å². The number of carbonyl (C=O) groups excluding carboxylic acids is 2. The SMILES string of the molecule is COc1ccc(C2C(=O)NCCN2C(=O)CCc2ccc(C(C)(C)C)cc2)cc1. The van der Waals surface area contributed by atoms with Gasteiger partial charge in [0.1, 0.15) is 11.8 Å². The number of nitrogens with zero attached hydrogens (tertiary/aromatic N) is 1. The van der Waals surface area contributed by atoms with E-state index in [0.717, 1.165) is 16.9 Å². The largest absolute Gasteiger partial charge is 0.497 e. The Balaban J connectivity index is 1.69. The van der Waals surface area contributed by atoms with E-state index < -0.39 is 6.04 Å². The summed E-state index contributed by atoms with van der Waals surface area (Å²) in [6, 6.07) is 15.2. The van der Waals surface area contributed by atoms with Crippen molar-refractivity contribution in [3.05, 3.63) is 65.2 Å². The van der Waals surface area contributed by atoms with Gasteiger partial charge in [0.2, 0.25) is 11.8 Å². The molecular formula is C24H30N2O3. The Kier molecular flexibility index (Phi) is 6.26. The van der Waals surface area contributed by atoms with Crippen LogP contribution in [0.5, 0.6) is 5.75 Å². The summed E-state index contributed by atoms with van der Waals surface area (Å²) in [5.74, 6) is 0.589. The van der Waals surface area contributed by atoms with Crippen molar-refractivity contribution in [3.8, 4) is 5.75 Å². The highest BCUT2D eigenvalue weighted by molar-refractivity contribution is 5.89. The first kappa shape index (κ1) is 20.9. The van der Waals surface area contributed by atoms with Gasteiger partial charge >= 0.3 is 0 Å². The van der Waals surface area contributed by atoms with Crippen LogP contribution in [0.15, 0.2) is 48.5 Å². The number of aryl methyl sites for hydroxylation is 1. The Bertz CT molecular complexity index is 851. The number of hydrogen-bond donors (Lipinski definition) is 1. The summed E-state index contributed by atoms with van der Waals surface area (Å²) in [5, 5.41) is 2.87. The molecule has 0 aliphatic carbocycles. The smallest absolute Gasteiger partial charge is 0.247 e. The lowest BCUT2D eigenvalue weighted by molar-refractivity contribution is -0.143. The van der Waals surface area contributed by atoms with Crippen molar-refractivity contribution < 1.29 is 14.3 Å². The molecule has 154 valence electrons. The molecule has 1 aliphatic rings. The number of piperazine rings is 1. The summed E-state index contributed by atoms with van der Waals surface area (Å²) >= 11 is 0. The van der Waals surface area contributed by atoms with Crippen LogP contribution in [0.25, 0.3) is 0 Å². The van der Waals surface area contributed by atoms with Crippen molar-refractivity contribution in [2.24, 2.45) is 0 Å². The van der Waals surface area contributed by atoms with Gasteiger partial charge in [-0.05, 0) is 40.7 Å². The van der Waals surface area contributed by atoms with Gasteiger partial charge in [0.15, 0.2) is 0 Å². The number of methoxy groups -OCH3 is 1. The van der Waals surface area contributed by atoms with Gasteiger partial charge in [-0.15, -0.1) is 0 Å². The van der Waals surface area contributed by atoms with E-state index in [4.69, 9.17) is 4.74 Å². The van der Waals surface area contributed by atoms with Crippen molar-refractivity contribution >= 4 is 11.8 Å². The molecule has 2 aromatic rings. The van der Waals surface area contributed by atoms with E-state index in [-0.39, 0.29) is 17.2 Å². The minimum Gasteiger partial charge on any atom is -0.497 e. The van der Waals surface area contributed by atoms with E-state index in [1.165, 1.54) is 5.56 Å². The molecule has 1 saturated heterocycles. The summed E-state index contributed by atoms with van der Waals surface area (Å²) in [7, 11) is 1.60. The van der Waals surface area contributed by atoms with Crippen LogP contribution in [-0.2, 0) is 21.4 Å². The predicted molar refractivity (Wildman–Crippen MR) is 114 cm³/mol. The molecule has 1 N–H and O–H groups in total. The van der Waals surface area contributed by atoms with Crippen molar-refractivity contribution in [2.45, 2.75) is 45.1 Å². The molecule has 1 fully saturated rings. The zero-order valence-electron chi connectivity index (χ0n) is 17.7. The second kappa shape index (κ2) is 8.68. The zero-order valence-corrected chi connectivity index (χ0v) is 17.7. The van der Waals surface area contributed by atoms with Crippen molar-refractivity contribution in [2.75, 3.05) is 20.2 Å². The third-order valence-corrected chi connectivity index (χ3v) is 5.41. The highest BCUT2D eigenvalue weighted by Gasteiger charge is 2.34. The molecule has 2 aromatic carbocycles. The molecule has 0 radical (unpaired) electrons. The minimum absolute atomic E-state index is 0.000524. The number of rotatable bonds is 5. The fraction of sp³-hybridized carbons (Fsp3) is 0.417. The summed E-state index contributed by atoms with van der Waals surface area (Å²) < 4.78 is 5.19. The Labute approximate surface area is 173 Å². The summed E-state index contributed by atoms with van der Waals surface area (Å²) in [6.45, 7) is 7.56. The Morgan fingerprint density at radius 2 is 1.76 bits per heavy atom. The topological polar surface area (TPSA) is 58.6 Å². The van der Waals surface area contributed by atoms with Gasteiger partial charge in [0, 0.05) is 19.5 Å². The van der Waals surface area contributed by atoms with Gasteiger partial charge in [-0.2, -0.15) is 0 Å². The molecule has 29 heavy (non-hydrogen) atoms. The summed E-state index contributed by atoms with van der Waals surface area (Å²) in [6.07, 6.45) is 1.05. The lowest BCUT2D eigenvalue weighted by atomic mass is 9.86. The molecule has 1 unspecified atom stereocenters. The standard InChI is InChI=1S/C24H30N2O3/c1-24(2,3)19-10-5-17(6-11-19)7-14-21(27)26-16-15-25-23(28)22(26)18-8-12-20(29-4)13-9-18/h5-6,8-13,22H,7,14-16H2,1-4H3,(H,25,28). The monoisotopic (exact) mass is 394 g/mol. The maximum atomic E-state index is 13.0. The zero-order chi connectivity index (χ0) is 21.0. The Morgan fingerprint density at radius 1 is 1.10 bits per heavy atom. The van der Waals surface area contributed by atoms with Gasteiger partial charge in [-0.1, -0.05) is 57.2 Å². The maximum Gasteiger partial charge on any atom is 0.247 e. The lowest BCUT2D eigenvalue weighted by Gasteiger charge is -2.35. The third kappa shape index (κ3) is 4.97. The fourth-order valence-electron chi connectivity index (χ4n) is 3.62. The molecule has 5 nitrogen and oxygen atoms in total. The molecule has 2 amide bonds. The third-order valence-electron chi connectivity index (χ3n) is 5.41. The van der Waals surface area contributed by atoms with Crippen LogP contribution in [-0.4, -0.2) is 36.9 Å². The number of ether oxygens (including phenoxy) is 1. The first-order chi connectivity index (χ1) is 13.8. The predicted octanol–water partition coefficient (Wildman–Crippen LogP) is 3.63. The minimum atomic E-state index is -0.592. The van der Waals surface area contributed by atoms with Crippen LogP contribution in [0.4, 0.5) is 0 Å². The van der Waals surface area contributed by atoms with Crippen molar-refractivity contribution in [1.82, 2.24) is 10.2 Å². The molecule has 0 bridgehead atoms. The molecular weight excluding hydrogens is 364 g/mol. The molecule has 0 spiro atoms. The Hall–Kier alpha value is -2.82. The Morgan fingerprint density at radius 3 is 2.34 bits per heavy atom. The van der Waals surface area contributed by atoms with E-state index in [0.29, 0.717) is 25.9 Å². The van der Waals surface area contributed by atoms with E-state index in [2.05, 4.69) is 50.4 Å². The van der Waals surface area contributed by atoms with Crippen LogP contribution in [0.1, 0.15) is 49.9 Å². The lowest BCUT2D eigenvalue weighted by Crippen LogP contribution is -2.52. The number of amides is 2. The van der Waals surface area contributed by atoms with E-state index in [1.54, 1.807) is 12.0 Å². The number of benzene rings is 2. The normalized spacial score (nSPS) is 17.0. The van der Waals surface area contributed by atoms with E-state index in [9.17, 15) is 9.59 Å². The average Bonchev–Trinajstić information content (AvgIpc) is 2.71. The first-order valence-electron chi connectivity index (χ1n) is 10.1. The summed E-state index contributed by atoms with van der Waals surface area (Å²) in [4.78, 5) is 27.2. The molecule has 0 saturated carbocycles. The van der Waals surface area contributed by atoms with E-state index in [1.807, 2.05) is 24.3 Å². The van der Waals surface area contributed by atoms with Gasteiger partial charge in [0.05, 0.1) is 7.11 Å². The van der Waals surface area contributed by atoms with Crippen LogP contribution >= 0.6 is 0 Å². The second-order valence-corrected chi connectivity index (χ2v) is 8.50. The fourth-order valence-corrected chi connectivity index (χ4v) is 3.62. The van der Waals surface area contributed by atoms with Gasteiger partial charge in [-0.3, -0.25) is 9.59 Å². The number of nitrogens with one attached hydrogen (secondary N) is 1. The average molecular weight is 395 g/mol. The quantitative estimate of drug-likeness (QED) is 0.843. The molecule has 1 atom stereocenters. The highest BCUT2D eigenvalue weighted by atomic mass is 16.5. The maximum absolute atomic E-state index is 13.0. The number of carbonyl (C=O) groups is 2.